The Kier molecular flexibility index (Phi) is 7.67. The van der Waals surface area contributed by atoms with Gasteiger partial charge in [0.1, 0.15) is 0 Å². The summed E-state index contributed by atoms with van der Waals surface area (Å²) in [6, 6.07) is 36.4. The van der Waals surface area contributed by atoms with Crippen molar-refractivity contribution in [2.24, 2.45) is 35.5 Å². The van der Waals surface area contributed by atoms with Crippen molar-refractivity contribution in [1.82, 2.24) is 15.0 Å². The van der Waals surface area contributed by atoms with Crippen molar-refractivity contribution < 1.29 is 0 Å². The van der Waals surface area contributed by atoms with Crippen molar-refractivity contribution in [3.05, 3.63) is 137 Å². The fourth-order valence-electron chi connectivity index (χ4n) is 14.2. The molecule has 14 rings (SSSR count). The second-order valence-electron chi connectivity index (χ2n) is 19.5. The zero-order valence-electron chi connectivity index (χ0n) is 33.0. The van der Waals surface area contributed by atoms with Crippen molar-refractivity contribution in [2.45, 2.75) is 87.9 Å². The maximum atomic E-state index is 7.47. The topological polar surface area (TPSA) is 47.4 Å². The van der Waals surface area contributed by atoms with Crippen molar-refractivity contribution in [3.63, 3.8) is 0 Å². The van der Waals surface area contributed by atoms with E-state index in [1.165, 1.54) is 93.6 Å². The van der Waals surface area contributed by atoms with E-state index in [-0.39, 0.29) is 0 Å². The summed E-state index contributed by atoms with van der Waals surface area (Å²) >= 11 is 0. The van der Waals surface area contributed by atoms with E-state index in [9.17, 15) is 0 Å². The minimum Gasteiger partial charge on any atom is -0.238 e. The van der Waals surface area contributed by atoms with E-state index >= 15 is 0 Å². The van der Waals surface area contributed by atoms with Crippen LogP contribution in [0.15, 0.2) is 103 Å². The zero-order valence-corrected chi connectivity index (χ0v) is 33.0. The van der Waals surface area contributed by atoms with Gasteiger partial charge >= 0.3 is 0 Å². The van der Waals surface area contributed by atoms with E-state index in [0.29, 0.717) is 39.7 Å². The van der Waals surface area contributed by atoms with Gasteiger partial charge in [-0.3, -0.25) is 0 Å². The van der Waals surface area contributed by atoms with E-state index < -0.39 is 0 Å². The molecule has 5 aromatic carbocycles. The van der Waals surface area contributed by atoms with Crippen LogP contribution in [-0.4, -0.2) is 15.0 Å². The van der Waals surface area contributed by atoms with Gasteiger partial charge in [-0.15, -0.1) is 0 Å². The SMILES string of the molecule is [C-]#[N+]c1ccc(-c2nc(-c3ccc([N+]#[C-])cc3)nc(-c3ccc(-c4cc(C56CC7CC(CC(C7)C5)C6)cc(C56CC7CC(CC(C7)C5)C6)c4)c4ccccc34)n2)cc1. The van der Waals surface area contributed by atoms with Crippen LogP contribution in [0.25, 0.3) is 65.8 Å². The van der Waals surface area contributed by atoms with Gasteiger partial charge in [0, 0.05) is 16.7 Å². The standard InChI is InChI=1S/C53H47N5/c1-54-43-11-7-38(8-12-43)49-56-50(39-9-13-44(55-2)14-10-39)58-51(57-49)48-16-15-45(46-5-3-4-6-47(46)48)40-23-41(52-26-32-17-33(27-52)19-34(18-32)28-52)25-42(24-40)53-29-35-20-36(30-53)22-37(21-35)31-53/h3-16,23-25,32-37H,17-22,26-31H2. The number of benzene rings is 5. The Morgan fingerprint density at radius 1 is 0.414 bits per heavy atom. The number of rotatable bonds is 6. The normalized spacial score (nSPS) is 30.0. The Labute approximate surface area is 341 Å². The third-order valence-corrected chi connectivity index (χ3v) is 15.9. The number of aromatic nitrogens is 3. The molecule has 1 aromatic heterocycles. The predicted molar refractivity (Wildman–Crippen MR) is 231 cm³/mol. The first kappa shape index (κ1) is 34.4. The summed E-state index contributed by atoms with van der Waals surface area (Å²) in [5.74, 6) is 7.17. The number of hydrogen-bond acceptors (Lipinski definition) is 3. The molecule has 8 bridgehead atoms. The molecule has 58 heavy (non-hydrogen) atoms. The quantitative estimate of drug-likeness (QED) is 0.159. The lowest BCUT2D eigenvalue weighted by Crippen LogP contribution is -2.50. The lowest BCUT2D eigenvalue weighted by atomic mass is 9.46. The maximum Gasteiger partial charge on any atom is 0.187 e. The Bertz CT molecular complexity index is 2500. The predicted octanol–water partition coefficient (Wildman–Crippen LogP) is 13.7. The van der Waals surface area contributed by atoms with Crippen LogP contribution in [0.3, 0.4) is 0 Å². The molecule has 0 spiro atoms. The Morgan fingerprint density at radius 2 is 0.793 bits per heavy atom. The van der Waals surface area contributed by atoms with Crippen LogP contribution >= 0.6 is 0 Å². The molecule has 8 aliphatic rings. The molecular formula is C53H47N5. The third-order valence-electron chi connectivity index (χ3n) is 15.9. The van der Waals surface area contributed by atoms with Crippen LogP contribution < -0.4 is 0 Å². The Balaban J connectivity index is 1.02. The molecule has 5 heteroatoms. The average molecular weight is 754 g/mol. The van der Waals surface area contributed by atoms with E-state index in [2.05, 4.69) is 64.3 Å². The van der Waals surface area contributed by atoms with Gasteiger partial charge in [0.05, 0.1) is 13.1 Å². The summed E-state index contributed by atoms with van der Waals surface area (Å²) in [5, 5.41) is 2.36. The summed E-state index contributed by atoms with van der Waals surface area (Å²) in [4.78, 5) is 22.4. The molecule has 0 unspecified atom stereocenters. The first-order valence-electron chi connectivity index (χ1n) is 21.8. The van der Waals surface area contributed by atoms with Gasteiger partial charge in [0.2, 0.25) is 0 Å². The molecule has 8 fully saturated rings. The molecule has 284 valence electrons. The molecule has 0 radical (unpaired) electrons. The van der Waals surface area contributed by atoms with Crippen LogP contribution in [0.4, 0.5) is 11.4 Å². The fourth-order valence-corrected chi connectivity index (χ4v) is 14.2. The molecule has 0 aliphatic heterocycles. The van der Waals surface area contributed by atoms with E-state index in [4.69, 9.17) is 28.1 Å². The molecule has 8 aliphatic carbocycles. The minimum atomic E-state index is 0.329. The van der Waals surface area contributed by atoms with E-state index in [1.54, 1.807) is 11.1 Å². The van der Waals surface area contributed by atoms with Gasteiger partial charge in [-0.1, -0.05) is 97.1 Å². The monoisotopic (exact) mass is 753 g/mol. The molecule has 5 nitrogen and oxygen atoms in total. The highest BCUT2D eigenvalue weighted by Gasteiger charge is 2.54. The highest BCUT2D eigenvalue weighted by atomic mass is 15.0. The second-order valence-corrected chi connectivity index (χ2v) is 19.5. The first-order chi connectivity index (χ1) is 28.4. The fraction of sp³-hybridized carbons (Fsp3) is 0.377. The molecule has 0 amide bonds. The van der Waals surface area contributed by atoms with Crippen LogP contribution in [0.2, 0.25) is 0 Å². The number of hydrogen-bond donors (Lipinski definition) is 0. The lowest BCUT2D eigenvalue weighted by molar-refractivity contribution is -0.00832. The van der Waals surface area contributed by atoms with Gasteiger partial charge in [-0.25, -0.2) is 24.6 Å². The third kappa shape index (κ3) is 5.57. The highest BCUT2D eigenvalue weighted by molar-refractivity contribution is 6.04. The van der Waals surface area contributed by atoms with Crippen LogP contribution in [0.5, 0.6) is 0 Å². The second kappa shape index (κ2) is 12.9. The van der Waals surface area contributed by atoms with Crippen LogP contribution in [0.1, 0.15) is 88.2 Å². The smallest absolute Gasteiger partial charge is 0.187 e. The van der Waals surface area contributed by atoms with Crippen LogP contribution in [0, 0.1) is 48.7 Å². The maximum absolute atomic E-state index is 7.47. The first-order valence-corrected chi connectivity index (χ1v) is 21.8. The zero-order chi connectivity index (χ0) is 38.6. The van der Waals surface area contributed by atoms with Gasteiger partial charge in [0.15, 0.2) is 28.8 Å². The molecule has 8 saturated carbocycles. The van der Waals surface area contributed by atoms with E-state index in [1.807, 2.05) is 48.5 Å². The molecule has 0 saturated heterocycles. The van der Waals surface area contributed by atoms with Crippen molar-refractivity contribution in [2.75, 3.05) is 0 Å². The van der Waals surface area contributed by atoms with Gasteiger partial charge in [-0.2, -0.15) is 0 Å². The molecule has 0 atom stereocenters. The molecule has 1 heterocycles. The molecule has 6 aromatic rings. The summed E-state index contributed by atoms with van der Waals surface area (Å²) in [6.45, 7) is 14.9. The lowest BCUT2D eigenvalue weighted by Gasteiger charge is -2.58. The van der Waals surface area contributed by atoms with Crippen molar-refractivity contribution in [1.29, 1.82) is 0 Å². The van der Waals surface area contributed by atoms with E-state index in [0.717, 1.165) is 57.6 Å². The Hall–Kier alpha value is -5.65. The highest BCUT2D eigenvalue weighted by Crippen LogP contribution is 2.64. The summed E-state index contributed by atoms with van der Waals surface area (Å²) in [6.07, 6.45) is 17.1. The van der Waals surface area contributed by atoms with Gasteiger partial charge in [-0.05, 0) is 162 Å². The summed E-state index contributed by atoms with van der Waals surface area (Å²) in [5.41, 5.74) is 10.4. The largest absolute Gasteiger partial charge is 0.238 e. The molecule has 0 N–H and O–H groups in total. The minimum absolute atomic E-state index is 0.329. The number of nitrogens with zero attached hydrogens (tertiary/aromatic N) is 5. The number of fused-ring (bicyclic) bond motifs is 1. The van der Waals surface area contributed by atoms with Crippen molar-refractivity contribution in [3.8, 4) is 45.3 Å². The Morgan fingerprint density at radius 3 is 1.21 bits per heavy atom. The summed E-state index contributed by atoms with van der Waals surface area (Å²) < 4.78 is 0. The molecular weight excluding hydrogens is 707 g/mol. The average Bonchev–Trinajstić information content (AvgIpc) is 3.25. The van der Waals surface area contributed by atoms with Gasteiger partial charge < -0.3 is 0 Å². The van der Waals surface area contributed by atoms with Crippen molar-refractivity contribution >= 4 is 22.1 Å². The van der Waals surface area contributed by atoms with Crippen LogP contribution in [-0.2, 0) is 10.8 Å². The van der Waals surface area contributed by atoms with Gasteiger partial charge in [0.25, 0.3) is 0 Å². The summed E-state index contributed by atoms with van der Waals surface area (Å²) in [7, 11) is 0.